The van der Waals surface area contributed by atoms with Crippen molar-refractivity contribution in [2.24, 2.45) is 0 Å². The highest BCUT2D eigenvalue weighted by molar-refractivity contribution is 6.30. The molecule has 1 rings (SSSR count). The number of halogens is 2. The summed E-state index contributed by atoms with van der Waals surface area (Å²) in [5, 5.41) is 10.0. The average molecular weight is 287 g/mol. The SMILES string of the molecule is CCCCCCCCC(O)Cc1ccc(Cl)c(F)c1. The predicted molar refractivity (Wildman–Crippen MR) is 79.1 cm³/mol. The molecule has 1 atom stereocenters. The Morgan fingerprint density at radius 1 is 1.16 bits per heavy atom. The van der Waals surface area contributed by atoms with Crippen LogP contribution in [0.1, 0.15) is 57.4 Å². The second kappa shape index (κ2) is 9.33. The van der Waals surface area contributed by atoms with Gasteiger partial charge in [-0.25, -0.2) is 4.39 Å². The molecule has 0 fully saturated rings. The second-order valence-electron chi connectivity index (χ2n) is 5.16. The van der Waals surface area contributed by atoms with Gasteiger partial charge in [-0.15, -0.1) is 0 Å². The van der Waals surface area contributed by atoms with Crippen LogP contribution in [0.25, 0.3) is 0 Å². The maximum Gasteiger partial charge on any atom is 0.142 e. The molecular formula is C16H24ClFO. The summed E-state index contributed by atoms with van der Waals surface area (Å²) < 4.78 is 13.2. The fourth-order valence-corrected chi connectivity index (χ4v) is 2.32. The van der Waals surface area contributed by atoms with Gasteiger partial charge in [0.1, 0.15) is 5.82 Å². The highest BCUT2D eigenvalue weighted by Crippen LogP contribution is 2.18. The molecular weight excluding hydrogens is 263 g/mol. The van der Waals surface area contributed by atoms with E-state index in [4.69, 9.17) is 11.6 Å². The van der Waals surface area contributed by atoms with Gasteiger partial charge in [0.15, 0.2) is 0 Å². The van der Waals surface area contributed by atoms with Gasteiger partial charge in [-0.05, 0) is 30.5 Å². The largest absolute Gasteiger partial charge is 0.393 e. The first kappa shape index (κ1) is 16.5. The zero-order valence-corrected chi connectivity index (χ0v) is 12.4. The van der Waals surface area contributed by atoms with E-state index in [-0.39, 0.29) is 11.1 Å². The average Bonchev–Trinajstić information content (AvgIpc) is 2.38. The molecule has 1 aromatic carbocycles. The zero-order valence-electron chi connectivity index (χ0n) is 11.7. The van der Waals surface area contributed by atoms with Crippen molar-refractivity contribution in [3.8, 4) is 0 Å². The van der Waals surface area contributed by atoms with Crippen LogP contribution in [0.3, 0.4) is 0 Å². The van der Waals surface area contributed by atoms with Crippen molar-refractivity contribution in [1.29, 1.82) is 0 Å². The Hall–Kier alpha value is -0.600. The molecule has 0 bridgehead atoms. The molecule has 3 heteroatoms. The van der Waals surface area contributed by atoms with Crippen molar-refractivity contribution in [2.45, 2.75) is 64.4 Å². The molecule has 1 aromatic rings. The standard InChI is InChI=1S/C16H24ClFO/c1-2-3-4-5-6-7-8-14(19)11-13-9-10-15(17)16(18)12-13/h9-10,12,14,19H,2-8,11H2,1H3. The quantitative estimate of drug-likeness (QED) is 0.624. The van der Waals surface area contributed by atoms with Crippen LogP contribution in [0.4, 0.5) is 4.39 Å². The lowest BCUT2D eigenvalue weighted by Crippen LogP contribution is -2.10. The number of hydrogen-bond acceptors (Lipinski definition) is 1. The molecule has 1 unspecified atom stereocenters. The van der Waals surface area contributed by atoms with Crippen molar-refractivity contribution in [1.82, 2.24) is 0 Å². The van der Waals surface area contributed by atoms with Crippen LogP contribution >= 0.6 is 11.6 Å². The molecule has 0 aromatic heterocycles. The van der Waals surface area contributed by atoms with Crippen LogP contribution in [0, 0.1) is 5.82 Å². The summed E-state index contributed by atoms with van der Waals surface area (Å²) in [7, 11) is 0. The van der Waals surface area contributed by atoms with E-state index < -0.39 is 5.82 Å². The topological polar surface area (TPSA) is 20.2 Å². The summed E-state index contributed by atoms with van der Waals surface area (Å²) in [4.78, 5) is 0. The van der Waals surface area contributed by atoms with Crippen LogP contribution in [-0.4, -0.2) is 11.2 Å². The molecule has 0 aliphatic carbocycles. The van der Waals surface area contributed by atoms with Crippen molar-refractivity contribution in [2.75, 3.05) is 0 Å². The molecule has 108 valence electrons. The van der Waals surface area contributed by atoms with Gasteiger partial charge in [-0.3, -0.25) is 0 Å². The Morgan fingerprint density at radius 3 is 2.53 bits per heavy atom. The van der Waals surface area contributed by atoms with E-state index in [0.29, 0.717) is 6.42 Å². The van der Waals surface area contributed by atoms with Gasteiger partial charge in [0.25, 0.3) is 0 Å². The summed E-state index contributed by atoms with van der Waals surface area (Å²) in [5.41, 5.74) is 0.806. The monoisotopic (exact) mass is 286 g/mol. The fraction of sp³-hybridized carbons (Fsp3) is 0.625. The maximum absolute atomic E-state index is 13.2. The fourth-order valence-electron chi connectivity index (χ4n) is 2.20. The molecule has 0 aliphatic heterocycles. The Labute approximate surface area is 120 Å². The number of unbranched alkanes of at least 4 members (excludes halogenated alkanes) is 5. The second-order valence-corrected chi connectivity index (χ2v) is 5.57. The first-order valence-electron chi connectivity index (χ1n) is 7.25. The number of aliphatic hydroxyl groups is 1. The number of rotatable bonds is 9. The molecule has 19 heavy (non-hydrogen) atoms. The van der Waals surface area contributed by atoms with Crippen LogP contribution < -0.4 is 0 Å². The van der Waals surface area contributed by atoms with E-state index in [0.717, 1.165) is 18.4 Å². The maximum atomic E-state index is 13.2. The molecule has 0 heterocycles. The Balaban J connectivity index is 2.19. The number of benzene rings is 1. The Morgan fingerprint density at radius 2 is 1.84 bits per heavy atom. The highest BCUT2D eigenvalue weighted by atomic mass is 35.5. The third-order valence-electron chi connectivity index (χ3n) is 3.35. The molecule has 0 aliphatic rings. The minimum atomic E-state index is -0.411. The summed E-state index contributed by atoms with van der Waals surface area (Å²) in [6.07, 6.45) is 8.21. The molecule has 0 amide bonds. The summed E-state index contributed by atoms with van der Waals surface area (Å²) in [6.45, 7) is 2.20. The Bertz CT molecular complexity index is 368. The number of aliphatic hydroxyl groups excluding tert-OH is 1. The first-order valence-corrected chi connectivity index (χ1v) is 7.63. The van der Waals surface area contributed by atoms with Crippen LogP contribution in [0.15, 0.2) is 18.2 Å². The van der Waals surface area contributed by atoms with Gasteiger partial charge >= 0.3 is 0 Å². The van der Waals surface area contributed by atoms with E-state index in [1.54, 1.807) is 12.1 Å². The van der Waals surface area contributed by atoms with E-state index in [1.165, 1.54) is 38.2 Å². The summed E-state index contributed by atoms with van der Waals surface area (Å²) >= 11 is 5.62. The highest BCUT2D eigenvalue weighted by Gasteiger charge is 2.07. The molecule has 0 spiro atoms. The van der Waals surface area contributed by atoms with E-state index in [9.17, 15) is 9.50 Å². The summed E-state index contributed by atoms with van der Waals surface area (Å²) in [5.74, 6) is -0.411. The van der Waals surface area contributed by atoms with E-state index in [1.807, 2.05) is 0 Å². The normalized spacial score (nSPS) is 12.6. The van der Waals surface area contributed by atoms with Crippen LogP contribution in [-0.2, 0) is 6.42 Å². The van der Waals surface area contributed by atoms with Gasteiger partial charge in [-0.1, -0.05) is 63.1 Å². The molecule has 0 saturated heterocycles. The van der Waals surface area contributed by atoms with Crippen molar-refractivity contribution >= 4 is 11.6 Å². The minimum absolute atomic E-state index is 0.133. The van der Waals surface area contributed by atoms with Crippen LogP contribution in [0.2, 0.25) is 5.02 Å². The zero-order chi connectivity index (χ0) is 14.1. The van der Waals surface area contributed by atoms with Gasteiger partial charge in [0, 0.05) is 0 Å². The van der Waals surface area contributed by atoms with Gasteiger partial charge < -0.3 is 5.11 Å². The number of hydrogen-bond donors (Lipinski definition) is 1. The lowest BCUT2D eigenvalue weighted by Gasteiger charge is -2.11. The van der Waals surface area contributed by atoms with E-state index in [2.05, 4.69) is 6.92 Å². The van der Waals surface area contributed by atoms with Crippen molar-refractivity contribution in [3.05, 3.63) is 34.6 Å². The first-order chi connectivity index (χ1) is 9.13. The molecule has 1 nitrogen and oxygen atoms in total. The van der Waals surface area contributed by atoms with Gasteiger partial charge in [0.05, 0.1) is 11.1 Å². The third kappa shape index (κ3) is 6.93. The smallest absolute Gasteiger partial charge is 0.142 e. The predicted octanol–water partition coefficient (Wildman–Crippen LogP) is 5.13. The van der Waals surface area contributed by atoms with Crippen molar-refractivity contribution in [3.63, 3.8) is 0 Å². The van der Waals surface area contributed by atoms with Crippen LogP contribution in [0.5, 0.6) is 0 Å². The Kier molecular flexibility index (Phi) is 8.08. The van der Waals surface area contributed by atoms with Gasteiger partial charge in [0.2, 0.25) is 0 Å². The molecule has 0 saturated carbocycles. The molecule has 0 radical (unpaired) electrons. The lowest BCUT2D eigenvalue weighted by atomic mass is 10.0. The minimum Gasteiger partial charge on any atom is -0.393 e. The molecule has 1 N–H and O–H groups in total. The van der Waals surface area contributed by atoms with E-state index >= 15 is 0 Å². The van der Waals surface area contributed by atoms with Gasteiger partial charge in [-0.2, -0.15) is 0 Å². The lowest BCUT2D eigenvalue weighted by molar-refractivity contribution is 0.161. The third-order valence-corrected chi connectivity index (χ3v) is 3.65. The summed E-state index contributed by atoms with van der Waals surface area (Å²) in [6, 6.07) is 4.73. The van der Waals surface area contributed by atoms with Crippen molar-refractivity contribution < 1.29 is 9.50 Å².